The number of rotatable bonds is 4. The molecule has 0 saturated heterocycles. The zero-order valence-electron chi connectivity index (χ0n) is 9.94. The summed E-state index contributed by atoms with van der Waals surface area (Å²) in [7, 11) is 1.34. The summed E-state index contributed by atoms with van der Waals surface area (Å²) in [5, 5.41) is 27.7. The normalized spacial score (nSPS) is 14.3. The lowest BCUT2D eigenvalue weighted by atomic mass is 10.1. The molecule has 2 heterocycles. The van der Waals surface area contributed by atoms with Gasteiger partial charge >= 0.3 is 0 Å². The van der Waals surface area contributed by atoms with Gasteiger partial charge in [-0.15, -0.1) is 0 Å². The molecule has 0 amide bonds. The summed E-state index contributed by atoms with van der Waals surface area (Å²) in [6.45, 7) is -0.641. The molecule has 0 aliphatic carbocycles. The minimum Gasteiger partial charge on any atom is -0.468 e. The van der Waals surface area contributed by atoms with E-state index in [1.165, 1.54) is 7.11 Å². The van der Waals surface area contributed by atoms with Gasteiger partial charge in [0, 0.05) is 0 Å². The van der Waals surface area contributed by atoms with Crippen LogP contribution in [0.2, 0.25) is 0 Å². The van der Waals surface area contributed by atoms with Gasteiger partial charge in [0.25, 0.3) is 11.6 Å². The number of H-pyrrole nitrogens is 1. The van der Waals surface area contributed by atoms with Gasteiger partial charge in [-0.05, 0) is 0 Å². The SMILES string of the molecule is COc1nc2ncc([C@H](O)[C@H](O)CO)nc2c(=O)[nH]1. The lowest BCUT2D eigenvalue weighted by Crippen LogP contribution is -2.24. The number of aromatic nitrogens is 4. The molecule has 0 saturated carbocycles. The second-order valence-electron chi connectivity index (χ2n) is 3.74. The van der Waals surface area contributed by atoms with E-state index in [9.17, 15) is 15.0 Å². The van der Waals surface area contributed by atoms with E-state index in [4.69, 9.17) is 9.84 Å². The molecule has 0 unspecified atom stereocenters. The van der Waals surface area contributed by atoms with E-state index in [-0.39, 0.29) is 22.9 Å². The van der Waals surface area contributed by atoms with E-state index in [1.807, 2.05) is 0 Å². The lowest BCUT2D eigenvalue weighted by molar-refractivity contribution is -0.0173. The van der Waals surface area contributed by atoms with Crippen molar-refractivity contribution in [2.75, 3.05) is 13.7 Å². The quantitative estimate of drug-likeness (QED) is 0.504. The highest BCUT2D eigenvalue weighted by atomic mass is 16.5. The van der Waals surface area contributed by atoms with Gasteiger partial charge in [-0.2, -0.15) is 4.98 Å². The number of nitrogens with zero attached hydrogens (tertiary/aromatic N) is 3. The summed E-state index contributed by atoms with van der Waals surface area (Å²) in [6, 6.07) is -0.00417. The van der Waals surface area contributed by atoms with Crippen LogP contribution in [-0.2, 0) is 0 Å². The Morgan fingerprint density at radius 3 is 2.79 bits per heavy atom. The summed E-state index contributed by atoms with van der Waals surface area (Å²) in [4.78, 5) is 25.6. The Morgan fingerprint density at radius 2 is 2.16 bits per heavy atom. The van der Waals surface area contributed by atoms with Crippen LogP contribution in [0.5, 0.6) is 6.01 Å². The number of ether oxygens (including phenoxy) is 1. The predicted octanol–water partition coefficient (Wildman–Crippen LogP) is -1.89. The minimum atomic E-state index is -1.44. The molecule has 2 aromatic rings. The molecule has 0 aliphatic rings. The van der Waals surface area contributed by atoms with Gasteiger partial charge in [-0.3, -0.25) is 9.78 Å². The van der Waals surface area contributed by atoms with Gasteiger partial charge in [-0.25, -0.2) is 9.97 Å². The van der Waals surface area contributed by atoms with Gasteiger partial charge in [-0.1, -0.05) is 0 Å². The number of aromatic amines is 1. The fourth-order valence-corrected chi connectivity index (χ4v) is 1.45. The predicted molar refractivity (Wildman–Crippen MR) is 62.6 cm³/mol. The van der Waals surface area contributed by atoms with E-state index in [0.717, 1.165) is 6.20 Å². The van der Waals surface area contributed by atoms with Crippen molar-refractivity contribution in [2.45, 2.75) is 12.2 Å². The molecule has 9 nitrogen and oxygen atoms in total. The zero-order chi connectivity index (χ0) is 14.0. The van der Waals surface area contributed by atoms with E-state index in [0.29, 0.717) is 0 Å². The number of aliphatic hydroxyl groups excluding tert-OH is 3. The third-order valence-corrected chi connectivity index (χ3v) is 2.46. The Hall–Kier alpha value is -2.10. The topological polar surface area (TPSA) is 141 Å². The van der Waals surface area contributed by atoms with Crippen LogP contribution in [0.4, 0.5) is 0 Å². The van der Waals surface area contributed by atoms with Crippen molar-refractivity contribution in [1.82, 2.24) is 19.9 Å². The Kier molecular flexibility index (Phi) is 3.69. The second-order valence-corrected chi connectivity index (χ2v) is 3.74. The maximum atomic E-state index is 11.7. The van der Waals surface area contributed by atoms with Gasteiger partial charge < -0.3 is 20.1 Å². The smallest absolute Gasteiger partial charge is 0.298 e. The zero-order valence-corrected chi connectivity index (χ0v) is 9.94. The Morgan fingerprint density at radius 1 is 1.42 bits per heavy atom. The van der Waals surface area contributed by atoms with Crippen LogP contribution >= 0.6 is 0 Å². The maximum absolute atomic E-state index is 11.7. The van der Waals surface area contributed by atoms with E-state index in [2.05, 4.69) is 19.9 Å². The van der Waals surface area contributed by atoms with Crippen LogP contribution in [0, 0.1) is 0 Å². The second kappa shape index (κ2) is 5.26. The van der Waals surface area contributed by atoms with Crippen LogP contribution < -0.4 is 10.3 Å². The van der Waals surface area contributed by atoms with Gasteiger partial charge in [0.1, 0.15) is 12.2 Å². The number of nitrogens with one attached hydrogen (secondary N) is 1. The van der Waals surface area contributed by atoms with Crippen LogP contribution in [0.1, 0.15) is 11.8 Å². The van der Waals surface area contributed by atoms with Crippen molar-refractivity contribution in [3.05, 3.63) is 22.2 Å². The molecule has 2 aromatic heterocycles. The molecular weight excluding hydrogens is 256 g/mol. The molecule has 2 rings (SSSR count). The number of methoxy groups -OCH3 is 1. The molecule has 0 aromatic carbocycles. The average Bonchev–Trinajstić information content (AvgIpc) is 2.45. The molecule has 19 heavy (non-hydrogen) atoms. The molecule has 9 heteroatoms. The highest BCUT2D eigenvalue weighted by Crippen LogP contribution is 2.15. The highest BCUT2D eigenvalue weighted by Gasteiger charge is 2.20. The summed E-state index contributed by atoms with van der Waals surface area (Å²) >= 11 is 0. The number of hydrogen-bond acceptors (Lipinski definition) is 8. The van der Waals surface area contributed by atoms with E-state index in [1.54, 1.807) is 0 Å². The monoisotopic (exact) mass is 268 g/mol. The molecule has 0 spiro atoms. The summed E-state index contributed by atoms with van der Waals surface area (Å²) < 4.78 is 4.78. The van der Waals surface area contributed by atoms with Gasteiger partial charge in [0.05, 0.1) is 25.6 Å². The molecule has 0 radical (unpaired) electrons. The maximum Gasteiger partial charge on any atom is 0.298 e. The van der Waals surface area contributed by atoms with Crippen LogP contribution in [-0.4, -0.2) is 55.1 Å². The minimum absolute atomic E-state index is 0.00417. The Labute approximate surface area is 106 Å². The first kappa shape index (κ1) is 13.3. The van der Waals surface area contributed by atoms with Crippen molar-refractivity contribution < 1.29 is 20.1 Å². The van der Waals surface area contributed by atoms with Crippen LogP contribution in [0.15, 0.2) is 11.0 Å². The standard InChI is InChI=1S/C10H12N4O5/c1-19-10-13-8-6(9(18)14-10)12-4(2-11-8)7(17)5(16)3-15/h2,5,7,15-17H,3H2,1H3,(H,11,13,14,18)/t5-,7+/m1/s1. The highest BCUT2D eigenvalue weighted by molar-refractivity contribution is 5.68. The Balaban J connectivity index is 2.52. The van der Waals surface area contributed by atoms with E-state index >= 15 is 0 Å². The van der Waals surface area contributed by atoms with Crippen molar-refractivity contribution in [2.24, 2.45) is 0 Å². The fourth-order valence-electron chi connectivity index (χ4n) is 1.45. The largest absolute Gasteiger partial charge is 0.468 e. The first-order valence-electron chi connectivity index (χ1n) is 5.34. The van der Waals surface area contributed by atoms with Gasteiger partial charge in [0.2, 0.25) is 0 Å². The van der Waals surface area contributed by atoms with Gasteiger partial charge in [0.15, 0.2) is 11.2 Å². The first-order valence-corrected chi connectivity index (χ1v) is 5.34. The Bertz CT molecular complexity index is 643. The molecule has 0 fully saturated rings. The van der Waals surface area contributed by atoms with Crippen molar-refractivity contribution in [1.29, 1.82) is 0 Å². The molecular formula is C10H12N4O5. The summed E-state index contributed by atoms with van der Waals surface area (Å²) in [5.74, 6) is 0. The first-order chi connectivity index (χ1) is 9.06. The molecule has 2 atom stereocenters. The molecule has 0 bridgehead atoms. The average molecular weight is 268 g/mol. The lowest BCUT2D eigenvalue weighted by Gasteiger charge is -2.14. The fraction of sp³-hybridized carbons (Fsp3) is 0.400. The molecule has 102 valence electrons. The number of hydrogen-bond donors (Lipinski definition) is 4. The van der Waals surface area contributed by atoms with Crippen LogP contribution in [0.25, 0.3) is 11.2 Å². The van der Waals surface area contributed by atoms with Crippen LogP contribution in [0.3, 0.4) is 0 Å². The summed E-state index contributed by atoms with van der Waals surface area (Å²) in [6.07, 6.45) is -1.68. The number of fused-ring (bicyclic) bond motifs is 1. The van der Waals surface area contributed by atoms with Crippen molar-refractivity contribution in [3.8, 4) is 6.01 Å². The molecule has 0 aliphatic heterocycles. The van der Waals surface area contributed by atoms with Crippen molar-refractivity contribution in [3.63, 3.8) is 0 Å². The third kappa shape index (κ3) is 2.52. The summed E-state index contributed by atoms with van der Waals surface area (Å²) in [5.41, 5.74) is -0.661. The molecule has 4 N–H and O–H groups in total. The van der Waals surface area contributed by atoms with E-state index < -0.39 is 24.4 Å². The van der Waals surface area contributed by atoms with Crippen molar-refractivity contribution >= 4 is 11.2 Å². The number of aliphatic hydroxyl groups is 3. The third-order valence-electron chi connectivity index (χ3n) is 2.46.